The van der Waals surface area contributed by atoms with Crippen molar-refractivity contribution in [2.24, 2.45) is 0 Å². The van der Waals surface area contributed by atoms with E-state index in [0.29, 0.717) is 48.9 Å². The number of carbonyl (C=O) groups is 1. The standard InChI is InChI=1S/C24H29ClF2N2O3/c1-2-16(14-24(30)31)17-3-8-22(21(13-17)28-19-6-4-18(25)5-7-19)29(15-23(26)27)20-9-11-32-12-10-20/h3-8,13,16,20,23,28H,2,9-12,14-15H2,1H3,(H,30,31). The molecule has 1 atom stereocenters. The molecule has 8 heteroatoms. The highest BCUT2D eigenvalue weighted by molar-refractivity contribution is 6.30. The van der Waals surface area contributed by atoms with Gasteiger partial charge in [0.2, 0.25) is 0 Å². The van der Waals surface area contributed by atoms with Crippen molar-refractivity contribution in [3.05, 3.63) is 53.1 Å². The molecule has 1 heterocycles. The summed E-state index contributed by atoms with van der Waals surface area (Å²) in [6.45, 7) is 2.64. The maximum Gasteiger partial charge on any atom is 0.303 e. The normalized spacial score (nSPS) is 15.5. The molecule has 0 aromatic heterocycles. The van der Waals surface area contributed by atoms with Crippen molar-refractivity contribution in [1.29, 1.82) is 0 Å². The van der Waals surface area contributed by atoms with E-state index in [1.165, 1.54) is 0 Å². The Morgan fingerprint density at radius 2 is 1.91 bits per heavy atom. The zero-order valence-corrected chi connectivity index (χ0v) is 18.8. The number of alkyl halides is 2. The Labute approximate surface area is 192 Å². The highest BCUT2D eigenvalue weighted by Crippen LogP contribution is 2.37. The van der Waals surface area contributed by atoms with Gasteiger partial charge in [-0.05, 0) is 67.1 Å². The molecule has 0 aliphatic carbocycles. The summed E-state index contributed by atoms with van der Waals surface area (Å²) in [6.07, 6.45) is -0.475. The second-order valence-electron chi connectivity index (χ2n) is 8.00. The monoisotopic (exact) mass is 466 g/mol. The number of benzene rings is 2. The topological polar surface area (TPSA) is 61.8 Å². The molecule has 0 radical (unpaired) electrons. The number of ether oxygens (including phenoxy) is 1. The van der Waals surface area contributed by atoms with Gasteiger partial charge in [-0.2, -0.15) is 0 Å². The van der Waals surface area contributed by atoms with Gasteiger partial charge in [0, 0.05) is 30.0 Å². The van der Waals surface area contributed by atoms with E-state index in [2.05, 4.69) is 5.32 Å². The van der Waals surface area contributed by atoms with Crippen LogP contribution in [0.15, 0.2) is 42.5 Å². The molecule has 174 valence electrons. The maximum atomic E-state index is 13.6. The van der Waals surface area contributed by atoms with Crippen molar-refractivity contribution in [2.45, 2.75) is 51.0 Å². The molecule has 32 heavy (non-hydrogen) atoms. The van der Waals surface area contributed by atoms with Crippen molar-refractivity contribution in [1.82, 2.24) is 0 Å². The van der Waals surface area contributed by atoms with Crippen LogP contribution in [0.4, 0.5) is 25.8 Å². The fraction of sp³-hybridized carbons (Fsp3) is 0.458. The molecule has 0 amide bonds. The van der Waals surface area contributed by atoms with Crippen LogP contribution < -0.4 is 10.2 Å². The summed E-state index contributed by atoms with van der Waals surface area (Å²) < 4.78 is 32.6. The van der Waals surface area contributed by atoms with E-state index in [0.717, 1.165) is 11.3 Å². The van der Waals surface area contributed by atoms with E-state index >= 15 is 0 Å². The van der Waals surface area contributed by atoms with Crippen LogP contribution in [0.25, 0.3) is 0 Å². The maximum absolute atomic E-state index is 13.6. The Balaban J connectivity index is 2.02. The van der Waals surface area contributed by atoms with Gasteiger partial charge in [0.15, 0.2) is 0 Å². The number of rotatable bonds is 10. The molecule has 3 rings (SSSR count). The molecular formula is C24H29ClF2N2O3. The average molecular weight is 467 g/mol. The zero-order chi connectivity index (χ0) is 23.1. The first-order valence-electron chi connectivity index (χ1n) is 10.9. The summed E-state index contributed by atoms with van der Waals surface area (Å²) in [7, 11) is 0. The fourth-order valence-electron chi connectivity index (χ4n) is 4.15. The van der Waals surface area contributed by atoms with Crippen LogP contribution in [-0.4, -0.2) is 43.3 Å². The van der Waals surface area contributed by atoms with E-state index in [1.807, 2.05) is 37.3 Å². The lowest BCUT2D eigenvalue weighted by atomic mass is 9.92. The second-order valence-corrected chi connectivity index (χ2v) is 8.43. The Bertz CT molecular complexity index is 889. The lowest BCUT2D eigenvalue weighted by Crippen LogP contribution is -2.42. The predicted octanol–water partition coefficient (Wildman–Crippen LogP) is 6.30. The van der Waals surface area contributed by atoms with Gasteiger partial charge in [0.05, 0.1) is 24.3 Å². The number of anilines is 3. The van der Waals surface area contributed by atoms with E-state index in [4.69, 9.17) is 16.3 Å². The minimum absolute atomic E-state index is 0.0109. The number of carboxylic acid groups (broad SMARTS) is 1. The van der Waals surface area contributed by atoms with E-state index in [9.17, 15) is 18.7 Å². The van der Waals surface area contributed by atoms with Gasteiger partial charge in [-0.15, -0.1) is 0 Å². The summed E-state index contributed by atoms with van der Waals surface area (Å²) >= 11 is 6.00. The third-order valence-corrected chi connectivity index (χ3v) is 6.06. The molecule has 2 aromatic carbocycles. The summed E-state index contributed by atoms with van der Waals surface area (Å²) in [5, 5.41) is 13.2. The Kier molecular flexibility index (Phi) is 8.70. The van der Waals surface area contributed by atoms with Crippen LogP contribution in [0.1, 0.15) is 44.1 Å². The molecule has 0 saturated carbocycles. The minimum Gasteiger partial charge on any atom is -0.481 e. The van der Waals surface area contributed by atoms with Gasteiger partial charge >= 0.3 is 5.97 Å². The highest BCUT2D eigenvalue weighted by atomic mass is 35.5. The summed E-state index contributed by atoms with van der Waals surface area (Å²) in [6, 6.07) is 12.7. The van der Waals surface area contributed by atoms with Crippen LogP contribution in [0.5, 0.6) is 0 Å². The van der Waals surface area contributed by atoms with Crippen molar-refractivity contribution in [2.75, 3.05) is 30.0 Å². The molecule has 2 aromatic rings. The van der Waals surface area contributed by atoms with Crippen LogP contribution in [0, 0.1) is 0 Å². The summed E-state index contributed by atoms with van der Waals surface area (Å²) in [5.41, 5.74) is 2.96. The third kappa shape index (κ3) is 6.56. The van der Waals surface area contributed by atoms with Gasteiger partial charge in [0.25, 0.3) is 6.43 Å². The third-order valence-electron chi connectivity index (χ3n) is 5.80. The molecule has 1 fully saturated rings. The summed E-state index contributed by atoms with van der Waals surface area (Å²) in [4.78, 5) is 13.1. The molecule has 1 aliphatic heterocycles. The second kappa shape index (κ2) is 11.5. The number of halogens is 3. The van der Waals surface area contributed by atoms with Gasteiger partial charge in [-0.25, -0.2) is 8.78 Å². The molecule has 1 saturated heterocycles. The number of hydrogen-bond donors (Lipinski definition) is 2. The van der Waals surface area contributed by atoms with Crippen LogP contribution in [-0.2, 0) is 9.53 Å². The molecule has 0 bridgehead atoms. The van der Waals surface area contributed by atoms with E-state index in [1.54, 1.807) is 17.0 Å². The highest BCUT2D eigenvalue weighted by Gasteiger charge is 2.27. The van der Waals surface area contributed by atoms with Crippen molar-refractivity contribution < 1.29 is 23.4 Å². The van der Waals surface area contributed by atoms with Crippen molar-refractivity contribution >= 4 is 34.6 Å². The van der Waals surface area contributed by atoms with Gasteiger partial charge in [-0.3, -0.25) is 4.79 Å². The first-order valence-corrected chi connectivity index (χ1v) is 11.3. The molecule has 0 spiro atoms. The zero-order valence-electron chi connectivity index (χ0n) is 18.1. The number of nitrogens with one attached hydrogen (secondary N) is 1. The molecular weight excluding hydrogens is 438 g/mol. The molecule has 1 aliphatic rings. The molecule has 2 N–H and O–H groups in total. The number of aliphatic carboxylic acids is 1. The Morgan fingerprint density at radius 3 is 2.50 bits per heavy atom. The smallest absolute Gasteiger partial charge is 0.303 e. The van der Waals surface area contributed by atoms with E-state index in [-0.39, 0.29) is 24.9 Å². The van der Waals surface area contributed by atoms with Crippen LogP contribution in [0.2, 0.25) is 5.02 Å². The first kappa shape index (κ1) is 24.3. The van der Waals surface area contributed by atoms with Crippen LogP contribution in [0.3, 0.4) is 0 Å². The van der Waals surface area contributed by atoms with Gasteiger partial charge < -0.3 is 20.1 Å². The van der Waals surface area contributed by atoms with Crippen molar-refractivity contribution in [3.8, 4) is 0 Å². The van der Waals surface area contributed by atoms with Crippen LogP contribution >= 0.6 is 11.6 Å². The summed E-state index contributed by atoms with van der Waals surface area (Å²) in [5.74, 6) is -1.03. The molecule has 1 unspecified atom stereocenters. The average Bonchev–Trinajstić information content (AvgIpc) is 2.78. The van der Waals surface area contributed by atoms with Gasteiger partial charge in [0.1, 0.15) is 0 Å². The number of hydrogen-bond acceptors (Lipinski definition) is 4. The predicted molar refractivity (Wildman–Crippen MR) is 124 cm³/mol. The minimum atomic E-state index is -2.49. The first-order chi connectivity index (χ1) is 15.4. The Hall–Kier alpha value is -2.38. The lowest BCUT2D eigenvalue weighted by Gasteiger charge is -2.37. The van der Waals surface area contributed by atoms with E-state index < -0.39 is 12.4 Å². The largest absolute Gasteiger partial charge is 0.481 e. The Morgan fingerprint density at radius 1 is 1.22 bits per heavy atom. The van der Waals surface area contributed by atoms with Crippen molar-refractivity contribution in [3.63, 3.8) is 0 Å². The SMILES string of the molecule is CCC(CC(=O)O)c1ccc(N(CC(F)F)C2CCOCC2)c(Nc2ccc(Cl)cc2)c1. The van der Waals surface area contributed by atoms with Gasteiger partial charge in [-0.1, -0.05) is 24.6 Å². The fourth-order valence-corrected chi connectivity index (χ4v) is 4.27. The molecule has 5 nitrogen and oxygen atoms in total. The number of nitrogens with zero attached hydrogens (tertiary/aromatic N) is 1. The number of carboxylic acids is 1. The lowest BCUT2D eigenvalue weighted by molar-refractivity contribution is -0.137. The quantitative estimate of drug-likeness (QED) is 0.430.